The number of hydrogen-bond acceptors (Lipinski definition) is 6. The van der Waals surface area contributed by atoms with Gasteiger partial charge in [0.15, 0.2) is 0 Å². The topological polar surface area (TPSA) is 82.7 Å². The van der Waals surface area contributed by atoms with Gasteiger partial charge in [-0.2, -0.15) is 10.4 Å². The van der Waals surface area contributed by atoms with E-state index in [4.69, 9.17) is 5.26 Å². The number of aryl methyl sites for hydroxylation is 1. The van der Waals surface area contributed by atoms with Crippen molar-refractivity contribution in [1.82, 2.24) is 25.1 Å². The Balaban J connectivity index is 1.87. The van der Waals surface area contributed by atoms with E-state index in [0.717, 1.165) is 37.6 Å². The number of aromatic nitrogens is 4. The van der Waals surface area contributed by atoms with Gasteiger partial charge in [-0.3, -0.25) is 9.67 Å². The minimum absolute atomic E-state index is 0.495. The first-order valence-electron chi connectivity index (χ1n) is 6.50. The van der Waals surface area contributed by atoms with Crippen LogP contribution in [0.4, 0.5) is 5.82 Å². The molecule has 3 rings (SSSR count). The van der Waals surface area contributed by atoms with E-state index in [2.05, 4.69) is 31.4 Å². The van der Waals surface area contributed by atoms with Crippen LogP contribution in [0.25, 0.3) is 11.3 Å². The maximum absolute atomic E-state index is 9.13. The second-order valence-electron chi connectivity index (χ2n) is 4.64. The number of rotatable bonds is 2. The second-order valence-corrected chi connectivity index (χ2v) is 4.64. The molecule has 7 heteroatoms. The highest BCUT2D eigenvalue weighted by Crippen LogP contribution is 2.21. The normalized spacial score (nSPS) is 15.1. The van der Waals surface area contributed by atoms with E-state index < -0.39 is 0 Å². The Labute approximate surface area is 116 Å². The molecule has 0 bridgehead atoms. The molecule has 0 saturated carbocycles. The lowest BCUT2D eigenvalue weighted by Gasteiger charge is -2.27. The molecule has 0 spiro atoms. The Hall–Kier alpha value is -2.46. The molecule has 1 aliphatic heterocycles. The van der Waals surface area contributed by atoms with Crippen LogP contribution >= 0.6 is 0 Å². The molecule has 0 unspecified atom stereocenters. The van der Waals surface area contributed by atoms with Crippen LogP contribution in [-0.2, 0) is 7.05 Å². The molecule has 20 heavy (non-hydrogen) atoms. The molecule has 1 N–H and O–H groups in total. The molecule has 2 aromatic rings. The molecule has 102 valence electrons. The van der Waals surface area contributed by atoms with Crippen LogP contribution < -0.4 is 10.2 Å². The van der Waals surface area contributed by atoms with Gasteiger partial charge in [0.25, 0.3) is 0 Å². The van der Waals surface area contributed by atoms with Gasteiger partial charge in [-0.1, -0.05) is 0 Å². The summed E-state index contributed by atoms with van der Waals surface area (Å²) in [5.41, 5.74) is 1.89. The van der Waals surface area contributed by atoms with Gasteiger partial charge < -0.3 is 10.2 Å². The lowest BCUT2D eigenvalue weighted by molar-refractivity contribution is 0.584. The summed E-state index contributed by atoms with van der Waals surface area (Å²) in [7, 11) is 1.74. The Morgan fingerprint density at radius 2 is 2.00 bits per heavy atom. The van der Waals surface area contributed by atoms with Gasteiger partial charge in [-0.25, -0.2) is 4.98 Å². The van der Waals surface area contributed by atoms with Crippen LogP contribution in [0, 0.1) is 11.3 Å². The number of piperazine rings is 1. The average molecular weight is 269 g/mol. The summed E-state index contributed by atoms with van der Waals surface area (Å²) >= 11 is 0. The third kappa shape index (κ3) is 2.21. The maximum atomic E-state index is 9.13. The first-order valence-corrected chi connectivity index (χ1v) is 6.50. The number of anilines is 1. The van der Waals surface area contributed by atoms with Gasteiger partial charge in [-0.15, -0.1) is 0 Å². The summed E-state index contributed by atoms with van der Waals surface area (Å²) in [6.45, 7) is 3.80. The molecule has 7 nitrogen and oxygen atoms in total. The van der Waals surface area contributed by atoms with Crippen LogP contribution in [0.1, 0.15) is 5.69 Å². The fraction of sp³-hybridized carbons (Fsp3) is 0.385. The van der Waals surface area contributed by atoms with Gasteiger partial charge in [0.1, 0.15) is 17.6 Å². The largest absolute Gasteiger partial charge is 0.353 e. The van der Waals surface area contributed by atoms with E-state index in [9.17, 15) is 0 Å². The predicted octanol–water partition coefficient (Wildman–Crippen LogP) is 0.158. The second kappa shape index (κ2) is 5.27. The van der Waals surface area contributed by atoms with Crippen molar-refractivity contribution in [2.45, 2.75) is 0 Å². The first kappa shape index (κ1) is 12.6. The van der Waals surface area contributed by atoms with Crippen molar-refractivity contribution in [3.05, 3.63) is 24.3 Å². The summed E-state index contributed by atoms with van der Waals surface area (Å²) in [5, 5.41) is 16.5. The standard InChI is InChI=1S/C13H15N7/c1-19-12(6-14)10(7-18-19)11-8-17-13(9-16-11)20-4-2-15-3-5-20/h7-9,15H,2-5H2,1H3. The third-order valence-electron chi connectivity index (χ3n) is 3.40. The van der Waals surface area contributed by atoms with Crippen molar-refractivity contribution < 1.29 is 0 Å². The smallest absolute Gasteiger partial charge is 0.147 e. The third-order valence-corrected chi connectivity index (χ3v) is 3.40. The van der Waals surface area contributed by atoms with Crippen LogP contribution in [0.5, 0.6) is 0 Å². The summed E-state index contributed by atoms with van der Waals surface area (Å²) in [4.78, 5) is 11.1. The number of nitrogens with zero attached hydrogens (tertiary/aromatic N) is 6. The first-order chi connectivity index (χ1) is 9.79. The number of nitriles is 1. The molecule has 0 amide bonds. The highest BCUT2D eigenvalue weighted by molar-refractivity contribution is 5.64. The van der Waals surface area contributed by atoms with Gasteiger partial charge >= 0.3 is 0 Å². The molecule has 0 atom stereocenters. The zero-order chi connectivity index (χ0) is 13.9. The Morgan fingerprint density at radius 3 is 2.65 bits per heavy atom. The van der Waals surface area contributed by atoms with Crippen LogP contribution in [0.15, 0.2) is 18.6 Å². The van der Waals surface area contributed by atoms with E-state index in [0.29, 0.717) is 11.4 Å². The fourth-order valence-electron chi connectivity index (χ4n) is 2.28. The van der Waals surface area contributed by atoms with E-state index in [1.807, 2.05) is 0 Å². The molecular weight excluding hydrogens is 254 g/mol. The minimum atomic E-state index is 0.495. The van der Waals surface area contributed by atoms with Gasteiger partial charge in [0, 0.05) is 33.2 Å². The van der Waals surface area contributed by atoms with Crippen molar-refractivity contribution in [2.75, 3.05) is 31.1 Å². The monoisotopic (exact) mass is 269 g/mol. The van der Waals surface area contributed by atoms with Crippen LogP contribution in [0.3, 0.4) is 0 Å². The summed E-state index contributed by atoms with van der Waals surface area (Å²) in [6.07, 6.45) is 5.11. The Morgan fingerprint density at radius 1 is 1.20 bits per heavy atom. The van der Waals surface area contributed by atoms with Crippen molar-refractivity contribution in [3.8, 4) is 17.3 Å². The van der Waals surface area contributed by atoms with Crippen LogP contribution in [0.2, 0.25) is 0 Å². The molecule has 2 aromatic heterocycles. The summed E-state index contributed by atoms with van der Waals surface area (Å²) in [5.74, 6) is 0.873. The van der Waals surface area contributed by atoms with Crippen molar-refractivity contribution in [2.24, 2.45) is 7.05 Å². The van der Waals surface area contributed by atoms with Crippen molar-refractivity contribution >= 4 is 5.82 Å². The van der Waals surface area contributed by atoms with E-state index >= 15 is 0 Å². The fourth-order valence-corrected chi connectivity index (χ4v) is 2.28. The van der Waals surface area contributed by atoms with Gasteiger partial charge in [0.2, 0.25) is 0 Å². The summed E-state index contributed by atoms with van der Waals surface area (Å²) in [6, 6.07) is 2.13. The van der Waals surface area contributed by atoms with E-state index in [-0.39, 0.29) is 0 Å². The molecule has 0 aromatic carbocycles. The Kier molecular flexibility index (Phi) is 3.31. The Bertz CT molecular complexity index is 632. The van der Waals surface area contributed by atoms with Gasteiger partial charge in [-0.05, 0) is 0 Å². The lowest BCUT2D eigenvalue weighted by Crippen LogP contribution is -2.43. The lowest BCUT2D eigenvalue weighted by atomic mass is 10.2. The molecule has 1 saturated heterocycles. The molecule has 0 radical (unpaired) electrons. The van der Waals surface area contributed by atoms with Crippen molar-refractivity contribution in [1.29, 1.82) is 5.26 Å². The molecular formula is C13H15N7. The number of hydrogen-bond donors (Lipinski definition) is 1. The predicted molar refractivity (Wildman–Crippen MR) is 74.0 cm³/mol. The maximum Gasteiger partial charge on any atom is 0.147 e. The molecule has 1 aliphatic rings. The highest BCUT2D eigenvalue weighted by atomic mass is 15.3. The highest BCUT2D eigenvalue weighted by Gasteiger charge is 2.14. The minimum Gasteiger partial charge on any atom is -0.353 e. The quantitative estimate of drug-likeness (QED) is 0.836. The molecule has 0 aliphatic carbocycles. The zero-order valence-electron chi connectivity index (χ0n) is 11.2. The van der Waals surface area contributed by atoms with E-state index in [1.165, 1.54) is 0 Å². The molecule has 3 heterocycles. The SMILES string of the molecule is Cn1ncc(-c2cnc(N3CCNCC3)cn2)c1C#N. The van der Waals surface area contributed by atoms with Crippen molar-refractivity contribution in [3.63, 3.8) is 0 Å². The van der Waals surface area contributed by atoms with E-state index in [1.54, 1.807) is 30.3 Å². The zero-order valence-corrected chi connectivity index (χ0v) is 11.2. The molecule has 1 fully saturated rings. The average Bonchev–Trinajstić information content (AvgIpc) is 2.89. The number of nitrogens with one attached hydrogen (secondary N) is 1. The van der Waals surface area contributed by atoms with Crippen LogP contribution in [-0.4, -0.2) is 45.9 Å². The van der Waals surface area contributed by atoms with Gasteiger partial charge in [0.05, 0.1) is 29.8 Å². The summed E-state index contributed by atoms with van der Waals surface area (Å²) < 4.78 is 1.54.